The zero-order chi connectivity index (χ0) is 25.9. The van der Waals surface area contributed by atoms with Gasteiger partial charge in [0.15, 0.2) is 5.82 Å². The lowest BCUT2D eigenvalue weighted by molar-refractivity contribution is 0.150. The van der Waals surface area contributed by atoms with Gasteiger partial charge in [-0.15, -0.1) is 5.10 Å². The molecule has 0 aliphatic carbocycles. The van der Waals surface area contributed by atoms with Gasteiger partial charge in [-0.2, -0.15) is 0 Å². The maximum absolute atomic E-state index is 13.1. The largest absolute Gasteiger partial charge is 0.497 e. The highest BCUT2D eigenvalue weighted by Gasteiger charge is 2.31. The summed E-state index contributed by atoms with van der Waals surface area (Å²) >= 11 is 0. The van der Waals surface area contributed by atoms with Gasteiger partial charge >= 0.3 is 0 Å². The molecule has 0 amide bonds. The molecule has 2 heterocycles. The van der Waals surface area contributed by atoms with Gasteiger partial charge in [0.2, 0.25) is 0 Å². The van der Waals surface area contributed by atoms with Gasteiger partial charge in [-0.1, -0.05) is 37.6 Å². The van der Waals surface area contributed by atoms with E-state index >= 15 is 0 Å². The van der Waals surface area contributed by atoms with Crippen LogP contribution < -0.4 is 10.3 Å². The first kappa shape index (κ1) is 25.6. The number of aromatic nitrogens is 5. The molecule has 36 heavy (non-hydrogen) atoms. The van der Waals surface area contributed by atoms with Crippen LogP contribution in [0, 0.1) is 6.92 Å². The highest BCUT2D eigenvalue weighted by Crippen LogP contribution is 2.30. The first-order valence-electron chi connectivity index (χ1n) is 12.5. The quantitative estimate of drug-likeness (QED) is 0.333. The number of nitrogens with zero attached hydrogens (tertiary/aromatic N) is 5. The number of aryl methyl sites for hydroxylation is 1. The first-order valence-corrected chi connectivity index (χ1v) is 12.5. The van der Waals surface area contributed by atoms with E-state index in [2.05, 4.69) is 78.2 Å². The summed E-state index contributed by atoms with van der Waals surface area (Å²) < 4.78 is 7.28. The second-order valence-corrected chi connectivity index (χ2v) is 10.0. The van der Waals surface area contributed by atoms with Crippen molar-refractivity contribution in [3.05, 3.63) is 81.4 Å². The summed E-state index contributed by atoms with van der Waals surface area (Å²) in [5.74, 6) is 1.62. The fourth-order valence-electron chi connectivity index (χ4n) is 4.54. The number of hydrogen-bond acceptors (Lipinski definition) is 6. The van der Waals surface area contributed by atoms with Crippen molar-refractivity contribution in [2.24, 2.45) is 0 Å². The number of ether oxygens (including phenoxy) is 1. The lowest BCUT2D eigenvalue weighted by Gasteiger charge is -2.33. The van der Waals surface area contributed by atoms with Crippen LogP contribution in [0.2, 0.25) is 0 Å². The zero-order valence-corrected chi connectivity index (χ0v) is 22.1. The van der Waals surface area contributed by atoms with Gasteiger partial charge in [0.1, 0.15) is 5.75 Å². The molecule has 4 rings (SSSR count). The molecule has 8 heteroatoms. The van der Waals surface area contributed by atoms with E-state index in [-0.39, 0.29) is 17.1 Å². The Morgan fingerprint density at radius 3 is 2.50 bits per heavy atom. The Labute approximate surface area is 212 Å². The molecule has 2 aromatic carbocycles. The molecule has 0 aliphatic rings. The maximum Gasteiger partial charge on any atom is 0.252 e. The number of rotatable bonds is 10. The molecule has 0 saturated heterocycles. The molecule has 0 radical (unpaired) electrons. The predicted molar refractivity (Wildman–Crippen MR) is 142 cm³/mol. The predicted octanol–water partition coefficient (Wildman–Crippen LogP) is 5.13. The highest BCUT2D eigenvalue weighted by atomic mass is 16.5. The summed E-state index contributed by atoms with van der Waals surface area (Å²) in [6.45, 7) is 11.7. The third kappa shape index (κ3) is 5.33. The topological polar surface area (TPSA) is 88.9 Å². The van der Waals surface area contributed by atoms with Crippen molar-refractivity contribution in [2.45, 2.75) is 72.1 Å². The van der Waals surface area contributed by atoms with Crippen LogP contribution in [0.4, 0.5) is 0 Å². The van der Waals surface area contributed by atoms with Crippen LogP contribution in [-0.4, -0.2) is 37.2 Å². The van der Waals surface area contributed by atoms with E-state index in [0.29, 0.717) is 18.7 Å². The van der Waals surface area contributed by atoms with Crippen molar-refractivity contribution >= 4 is 10.9 Å². The van der Waals surface area contributed by atoms with E-state index in [0.717, 1.165) is 46.4 Å². The number of tetrazole rings is 1. The van der Waals surface area contributed by atoms with Crippen molar-refractivity contribution in [2.75, 3.05) is 7.11 Å². The van der Waals surface area contributed by atoms with Crippen LogP contribution in [0.5, 0.6) is 5.75 Å². The number of H-pyrrole nitrogens is 1. The Balaban J connectivity index is 1.77. The molecule has 0 aliphatic heterocycles. The summed E-state index contributed by atoms with van der Waals surface area (Å²) in [6.07, 6.45) is 1.69. The van der Waals surface area contributed by atoms with Crippen LogP contribution in [0.15, 0.2) is 53.3 Å². The third-order valence-corrected chi connectivity index (χ3v) is 7.05. The van der Waals surface area contributed by atoms with Crippen LogP contribution in [0.25, 0.3) is 10.9 Å². The van der Waals surface area contributed by atoms with Crippen LogP contribution >= 0.6 is 0 Å². The summed E-state index contributed by atoms with van der Waals surface area (Å²) in [5, 5.41) is 13.9. The number of methoxy groups -OCH3 is 1. The second-order valence-electron chi connectivity index (χ2n) is 10.0. The lowest BCUT2D eigenvalue weighted by Crippen LogP contribution is -2.36. The number of nitrogens with one attached hydrogen (secondary N) is 1. The first-order chi connectivity index (χ1) is 17.2. The number of hydrogen-bond donors (Lipinski definition) is 1. The number of benzene rings is 2. The van der Waals surface area contributed by atoms with E-state index < -0.39 is 0 Å². The Morgan fingerprint density at radius 2 is 1.83 bits per heavy atom. The molecular formula is C28H36N6O2. The average molecular weight is 489 g/mol. The summed E-state index contributed by atoms with van der Waals surface area (Å²) in [4.78, 5) is 18.5. The summed E-state index contributed by atoms with van der Waals surface area (Å²) in [7, 11) is 1.66. The molecule has 0 fully saturated rings. The zero-order valence-electron chi connectivity index (χ0n) is 22.1. The Morgan fingerprint density at radius 1 is 1.08 bits per heavy atom. The maximum atomic E-state index is 13.1. The number of fused-ring (bicyclic) bond motifs is 1. The molecule has 0 bridgehead atoms. The van der Waals surface area contributed by atoms with E-state index in [1.165, 1.54) is 0 Å². The molecule has 4 aromatic rings. The molecular weight excluding hydrogens is 452 g/mol. The Hall–Kier alpha value is -3.52. The van der Waals surface area contributed by atoms with Crippen LogP contribution in [0.3, 0.4) is 0 Å². The summed E-state index contributed by atoms with van der Waals surface area (Å²) in [5.41, 5.74) is 3.54. The van der Waals surface area contributed by atoms with Crippen molar-refractivity contribution in [3.8, 4) is 5.75 Å². The van der Waals surface area contributed by atoms with Gasteiger partial charge < -0.3 is 9.72 Å². The lowest BCUT2D eigenvalue weighted by atomic mass is 10.0. The van der Waals surface area contributed by atoms with Crippen molar-refractivity contribution < 1.29 is 4.74 Å². The standard InChI is InChI=1S/C28H36N6O2/c1-7-25(26-30-31-32-34(26)28(4,5)8-2)33(17-20-10-12-23(36-6)13-11-20)18-22-16-21-15-19(3)9-14-24(21)29-27(22)35/h9-16,25H,7-8,17-18H2,1-6H3,(H,29,35). The van der Waals surface area contributed by atoms with Gasteiger partial charge in [-0.3, -0.25) is 9.69 Å². The summed E-state index contributed by atoms with van der Waals surface area (Å²) in [6, 6.07) is 16.0. The molecule has 0 spiro atoms. The number of aromatic amines is 1. The van der Waals surface area contributed by atoms with Gasteiger partial charge in [0.05, 0.1) is 18.7 Å². The van der Waals surface area contributed by atoms with Crippen molar-refractivity contribution in [1.82, 2.24) is 30.1 Å². The van der Waals surface area contributed by atoms with E-state index in [4.69, 9.17) is 4.74 Å². The fourth-order valence-corrected chi connectivity index (χ4v) is 4.54. The molecule has 1 unspecified atom stereocenters. The highest BCUT2D eigenvalue weighted by molar-refractivity contribution is 5.79. The second kappa shape index (κ2) is 10.6. The van der Waals surface area contributed by atoms with Gasteiger partial charge in [0, 0.05) is 24.2 Å². The Kier molecular flexibility index (Phi) is 7.54. The van der Waals surface area contributed by atoms with Crippen molar-refractivity contribution in [1.29, 1.82) is 0 Å². The minimum absolute atomic E-state index is 0.0746. The van der Waals surface area contributed by atoms with E-state index in [1.807, 2.05) is 35.0 Å². The normalized spacial score (nSPS) is 12.9. The monoisotopic (exact) mass is 488 g/mol. The van der Waals surface area contributed by atoms with Gasteiger partial charge in [-0.25, -0.2) is 4.68 Å². The molecule has 2 aromatic heterocycles. The molecule has 1 atom stereocenters. The minimum atomic E-state index is -0.226. The number of pyridine rings is 1. The van der Waals surface area contributed by atoms with Crippen LogP contribution in [0.1, 0.15) is 69.1 Å². The average Bonchev–Trinajstić information content (AvgIpc) is 3.36. The van der Waals surface area contributed by atoms with Crippen molar-refractivity contribution in [3.63, 3.8) is 0 Å². The van der Waals surface area contributed by atoms with Crippen LogP contribution in [-0.2, 0) is 18.6 Å². The molecule has 190 valence electrons. The fraction of sp³-hybridized carbons (Fsp3) is 0.429. The molecule has 0 saturated carbocycles. The van der Waals surface area contributed by atoms with E-state index in [1.54, 1.807) is 7.11 Å². The van der Waals surface area contributed by atoms with Gasteiger partial charge in [-0.05, 0) is 85.3 Å². The third-order valence-electron chi connectivity index (χ3n) is 7.05. The minimum Gasteiger partial charge on any atom is -0.497 e. The Bertz CT molecular complexity index is 1370. The van der Waals surface area contributed by atoms with E-state index in [9.17, 15) is 4.79 Å². The smallest absolute Gasteiger partial charge is 0.252 e. The SMILES string of the molecule is CCC(c1nnnn1C(C)(C)CC)N(Cc1ccc(OC)cc1)Cc1cc2cc(C)ccc2[nH]c1=O. The molecule has 1 N–H and O–H groups in total. The molecule has 8 nitrogen and oxygen atoms in total. The van der Waals surface area contributed by atoms with Gasteiger partial charge in [0.25, 0.3) is 5.56 Å².